The minimum Gasteiger partial charge on any atom is -0.489 e. The molecule has 0 amide bonds. The van der Waals surface area contributed by atoms with Gasteiger partial charge in [0.15, 0.2) is 5.82 Å². The minimum atomic E-state index is -5.08. The summed E-state index contributed by atoms with van der Waals surface area (Å²) in [4.78, 5) is 23.0. The second kappa shape index (κ2) is 11.9. The Hall–Kier alpha value is -4.56. The number of carboxylic acid groups (broad SMARTS) is 1. The molecule has 1 aromatic carbocycles. The van der Waals surface area contributed by atoms with Crippen LogP contribution in [0.3, 0.4) is 0 Å². The fourth-order valence-corrected chi connectivity index (χ4v) is 4.80. The SMILES string of the molecule is Fc1cnc(Nc2cc(OC3CCNC3)cc(-c3cccs3)c2)nc1-c1cnc2ccccn12.O=C(O)C(F)(F)F. The van der Waals surface area contributed by atoms with Gasteiger partial charge in [-0.25, -0.2) is 24.1 Å². The van der Waals surface area contributed by atoms with Crippen LogP contribution in [-0.4, -0.2) is 55.8 Å². The molecule has 5 heterocycles. The van der Waals surface area contributed by atoms with Crippen molar-refractivity contribution in [2.75, 3.05) is 18.4 Å². The summed E-state index contributed by atoms with van der Waals surface area (Å²) in [7, 11) is 0. The van der Waals surface area contributed by atoms with Crippen LogP contribution in [0.1, 0.15) is 6.42 Å². The third-order valence-electron chi connectivity index (χ3n) is 5.93. The lowest BCUT2D eigenvalue weighted by molar-refractivity contribution is -0.192. The van der Waals surface area contributed by atoms with Gasteiger partial charge < -0.3 is 20.5 Å². The lowest BCUT2D eigenvalue weighted by atomic mass is 10.1. The van der Waals surface area contributed by atoms with Crippen LogP contribution in [0.25, 0.3) is 27.5 Å². The van der Waals surface area contributed by atoms with Crippen molar-refractivity contribution in [1.29, 1.82) is 0 Å². The molecule has 3 N–H and O–H groups in total. The molecule has 1 unspecified atom stereocenters. The van der Waals surface area contributed by atoms with Gasteiger partial charge in [0.05, 0.1) is 18.1 Å². The predicted molar refractivity (Wildman–Crippen MR) is 145 cm³/mol. The van der Waals surface area contributed by atoms with Crippen LogP contribution in [0.4, 0.5) is 29.2 Å². The standard InChI is InChI=1S/C25H21FN6OS.C2HF3O2/c26-20-14-29-25(31-24(20)21-15-28-23-5-1-2-8-32(21)23)30-17-10-16(22-4-3-9-34-22)11-19(12-17)33-18-6-7-27-13-18;3-2(4,5)1(6)7/h1-5,8-12,14-15,18,27H,6-7,13H2,(H,29,30,31);(H,6,7). The molecular formula is C27H22F4N6O3S. The van der Waals surface area contributed by atoms with Crippen molar-refractivity contribution in [2.45, 2.75) is 18.7 Å². The van der Waals surface area contributed by atoms with Crippen LogP contribution in [0.15, 0.2) is 72.5 Å². The summed E-state index contributed by atoms with van der Waals surface area (Å²) in [5.41, 5.74) is 3.26. The van der Waals surface area contributed by atoms with E-state index >= 15 is 0 Å². The predicted octanol–water partition coefficient (Wildman–Crippen LogP) is 5.78. The third-order valence-corrected chi connectivity index (χ3v) is 6.85. The van der Waals surface area contributed by atoms with E-state index in [1.165, 1.54) is 6.20 Å². The maximum absolute atomic E-state index is 14.7. The van der Waals surface area contributed by atoms with E-state index in [1.54, 1.807) is 21.9 Å². The molecule has 212 valence electrons. The topological polar surface area (TPSA) is 114 Å². The Kier molecular flexibility index (Phi) is 8.12. The number of pyridine rings is 1. The highest BCUT2D eigenvalue weighted by atomic mass is 32.1. The van der Waals surface area contributed by atoms with Crippen LogP contribution < -0.4 is 15.4 Å². The summed E-state index contributed by atoms with van der Waals surface area (Å²) >= 11 is 1.66. The van der Waals surface area contributed by atoms with E-state index in [-0.39, 0.29) is 11.8 Å². The number of nitrogens with zero attached hydrogens (tertiary/aromatic N) is 4. The Balaban J connectivity index is 0.000000431. The number of hydrogen-bond donors (Lipinski definition) is 3. The molecule has 0 bridgehead atoms. The van der Waals surface area contributed by atoms with Crippen molar-refractivity contribution in [3.05, 3.63) is 78.3 Å². The molecule has 1 atom stereocenters. The highest BCUT2D eigenvalue weighted by Gasteiger charge is 2.38. The van der Waals surface area contributed by atoms with E-state index < -0.39 is 18.0 Å². The number of ether oxygens (including phenoxy) is 1. The van der Waals surface area contributed by atoms with Gasteiger partial charge in [-0.3, -0.25) is 4.40 Å². The first-order valence-electron chi connectivity index (χ1n) is 12.3. The van der Waals surface area contributed by atoms with Crippen LogP contribution in [0.2, 0.25) is 0 Å². The second-order valence-corrected chi connectivity index (χ2v) is 9.79. The number of nitrogens with one attached hydrogen (secondary N) is 2. The molecule has 41 heavy (non-hydrogen) atoms. The van der Waals surface area contributed by atoms with Gasteiger partial charge in [0.1, 0.15) is 23.2 Å². The van der Waals surface area contributed by atoms with Crippen molar-refractivity contribution in [2.24, 2.45) is 0 Å². The molecule has 0 spiro atoms. The van der Waals surface area contributed by atoms with Crippen LogP contribution in [0, 0.1) is 5.82 Å². The Labute approximate surface area is 234 Å². The lowest BCUT2D eigenvalue weighted by Gasteiger charge is -2.15. The largest absolute Gasteiger partial charge is 0.490 e. The summed E-state index contributed by atoms with van der Waals surface area (Å²) in [5.74, 6) is -2.21. The van der Waals surface area contributed by atoms with E-state index in [2.05, 4.69) is 31.7 Å². The maximum Gasteiger partial charge on any atom is 0.490 e. The summed E-state index contributed by atoms with van der Waals surface area (Å²) in [6, 6.07) is 15.7. The zero-order valence-corrected chi connectivity index (χ0v) is 21.9. The zero-order chi connectivity index (χ0) is 29.0. The summed E-state index contributed by atoms with van der Waals surface area (Å²) in [6.07, 6.45) is 0.644. The first-order chi connectivity index (χ1) is 19.7. The highest BCUT2D eigenvalue weighted by Crippen LogP contribution is 2.33. The normalized spacial score (nSPS) is 14.9. The molecule has 9 nitrogen and oxygen atoms in total. The van der Waals surface area contributed by atoms with Crippen molar-refractivity contribution < 1.29 is 32.2 Å². The number of imidazole rings is 1. The number of alkyl halides is 3. The molecule has 6 rings (SSSR count). The van der Waals surface area contributed by atoms with Crippen LogP contribution >= 0.6 is 11.3 Å². The first kappa shape index (κ1) is 28.0. The van der Waals surface area contributed by atoms with E-state index in [0.29, 0.717) is 11.6 Å². The molecule has 1 aliphatic rings. The number of fused-ring (bicyclic) bond motifs is 1. The van der Waals surface area contributed by atoms with Gasteiger partial charge in [0.2, 0.25) is 5.95 Å². The molecule has 14 heteroatoms. The van der Waals surface area contributed by atoms with Crippen LogP contribution in [0.5, 0.6) is 5.75 Å². The molecule has 1 aliphatic heterocycles. The van der Waals surface area contributed by atoms with Crippen molar-refractivity contribution >= 4 is 34.6 Å². The van der Waals surface area contributed by atoms with E-state index in [0.717, 1.165) is 47.0 Å². The van der Waals surface area contributed by atoms with Crippen LogP contribution in [-0.2, 0) is 4.79 Å². The quantitative estimate of drug-likeness (QED) is 0.215. The Morgan fingerprint density at radius 2 is 1.98 bits per heavy atom. The summed E-state index contributed by atoms with van der Waals surface area (Å²) in [5, 5.41) is 15.7. The smallest absolute Gasteiger partial charge is 0.489 e. The van der Waals surface area contributed by atoms with Gasteiger partial charge in [-0.1, -0.05) is 12.1 Å². The number of thiophene rings is 1. The number of aromatic nitrogens is 4. The van der Waals surface area contributed by atoms with Gasteiger partial charge in [-0.05, 0) is 54.2 Å². The summed E-state index contributed by atoms with van der Waals surface area (Å²) in [6.45, 7) is 1.78. The van der Waals surface area contributed by atoms with Gasteiger partial charge in [-0.2, -0.15) is 13.2 Å². The van der Waals surface area contributed by atoms with E-state index in [4.69, 9.17) is 14.6 Å². The Morgan fingerprint density at radius 3 is 2.68 bits per heavy atom. The fraction of sp³-hybridized carbons (Fsp3) is 0.185. The summed E-state index contributed by atoms with van der Waals surface area (Å²) < 4.78 is 54.5. The monoisotopic (exact) mass is 586 g/mol. The molecular weight excluding hydrogens is 564 g/mol. The van der Waals surface area contributed by atoms with Gasteiger partial charge in [0, 0.05) is 29.4 Å². The number of hydrogen-bond acceptors (Lipinski definition) is 8. The number of aliphatic carboxylic acids is 1. The number of halogens is 4. The number of anilines is 2. The number of carbonyl (C=O) groups is 1. The molecule has 0 radical (unpaired) electrons. The van der Waals surface area contributed by atoms with Gasteiger partial charge >= 0.3 is 12.1 Å². The lowest BCUT2D eigenvalue weighted by Crippen LogP contribution is -2.21. The van der Waals surface area contributed by atoms with Gasteiger partial charge in [0.25, 0.3) is 0 Å². The number of benzene rings is 1. The maximum atomic E-state index is 14.7. The van der Waals surface area contributed by atoms with E-state index in [1.807, 2.05) is 54.0 Å². The number of rotatable bonds is 6. The van der Waals surface area contributed by atoms with Crippen molar-refractivity contribution in [1.82, 2.24) is 24.7 Å². The van der Waals surface area contributed by atoms with Crippen molar-refractivity contribution in [3.63, 3.8) is 0 Å². The second-order valence-electron chi connectivity index (χ2n) is 8.85. The molecule has 1 fully saturated rings. The molecule has 0 saturated carbocycles. The highest BCUT2D eigenvalue weighted by molar-refractivity contribution is 7.13. The third kappa shape index (κ3) is 6.78. The fourth-order valence-electron chi connectivity index (χ4n) is 4.09. The number of carboxylic acids is 1. The average Bonchev–Trinajstić information content (AvgIpc) is 3.72. The minimum absolute atomic E-state index is 0.134. The zero-order valence-electron chi connectivity index (χ0n) is 21.1. The van der Waals surface area contributed by atoms with Gasteiger partial charge in [-0.15, -0.1) is 11.3 Å². The molecule has 1 saturated heterocycles. The molecule has 0 aliphatic carbocycles. The Bertz CT molecular complexity index is 1650. The van der Waals surface area contributed by atoms with Crippen molar-refractivity contribution in [3.8, 4) is 27.6 Å². The molecule has 5 aromatic rings. The average molecular weight is 587 g/mol. The first-order valence-corrected chi connectivity index (χ1v) is 13.1. The molecule has 4 aromatic heterocycles. The van der Waals surface area contributed by atoms with E-state index in [9.17, 15) is 17.6 Å². The Morgan fingerprint density at radius 1 is 1.15 bits per heavy atom.